The predicted molar refractivity (Wildman–Crippen MR) is 98.8 cm³/mol. The summed E-state index contributed by atoms with van der Waals surface area (Å²) in [6, 6.07) is -1.29. The Morgan fingerprint density at radius 2 is 1.68 bits per heavy atom. The third-order valence-electron chi connectivity index (χ3n) is 4.79. The fourth-order valence-corrected chi connectivity index (χ4v) is 2.80. The van der Waals surface area contributed by atoms with Crippen molar-refractivity contribution >= 4 is 11.9 Å². The lowest BCUT2D eigenvalue weighted by atomic mass is 9.86. The number of nitrogens with zero attached hydrogens (tertiary/aromatic N) is 2. The molecule has 148 valence electrons. The first-order valence-corrected chi connectivity index (χ1v) is 8.81. The number of carboxylic acid groups (broad SMARTS) is 2. The van der Waals surface area contributed by atoms with Gasteiger partial charge in [0.1, 0.15) is 11.6 Å². The molecule has 0 aliphatic heterocycles. The van der Waals surface area contributed by atoms with Crippen molar-refractivity contribution in [3.63, 3.8) is 0 Å². The summed E-state index contributed by atoms with van der Waals surface area (Å²) in [5.41, 5.74) is 4.36. The second-order valence-electron chi connectivity index (χ2n) is 7.19. The Labute approximate surface area is 151 Å². The molecule has 8 heteroatoms. The molecule has 0 rings (SSSR count). The lowest BCUT2D eigenvalue weighted by Gasteiger charge is -2.41. The minimum Gasteiger partial charge on any atom is -0.480 e. The number of nitrogens with two attached hydrogens (primary N) is 1. The molecule has 0 amide bonds. The van der Waals surface area contributed by atoms with Crippen LogP contribution in [0.15, 0.2) is 0 Å². The molecule has 0 heterocycles. The molecule has 0 spiro atoms. The van der Waals surface area contributed by atoms with Gasteiger partial charge in [-0.05, 0) is 73.9 Å². The second-order valence-corrected chi connectivity index (χ2v) is 7.19. The van der Waals surface area contributed by atoms with E-state index in [9.17, 15) is 19.8 Å². The number of unbranched alkanes of at least 4 members (excludes halogenated alkanes) is 1. The molecule has 1 unspecified atom stereocenters. The Balaban J connectivity index is 5.15. The van der Waals surface area contributed by atoms with Crippen molar-refractivity contribution in [2.45, 2.75) is 56.7 Å². The van der Waals surface area contributed by atoms with Crippen LogP contribution in [-0.2, 0) is 9.59 Å². The summed E-state index contributed by atoms with van der Waals surface area (Å²) in [4.78, 5) is 27.2. The van der Waals surface area contributed by atoms with Gasteiger partial charge in [-0.2, -0.15) is 0 Å². The van der Waals surface area contributed by atoms with Gasteiger partial charge in [-0.3, -0.25) is 19.8 Å². The van der Waals surface area contributed by atoms with Gasteiger partial charge >= 0.3 is 11.9 Å². The van der Waals surface area contributed by atoms with E-state index in [1.165, 1.54) is 0 Å². The maximum atomic E-state index is 11.9. The van der Waals surface area contributed by atoms with Crippen molar-refractivity contribution in [2.75, 3.05) is 41.3 Å². The van der Waals surface area contributed by atoms with Crippen molar-refractivity contribution in [3.8, 4) is 0 Å². The average Bonchev–Trinajstić information content (AvgIpc) is 2.51. The van der Waals surface area contributed by atoms with E-state index in [-0.39, 0.29) is 0 Å². The fraction of sp³-hybridized carbons (Fsp3) is 0.882. The van der Waals surface area contributed by atoms with Crippen LogP contribution in [0.3, 0.4) is 0 Å². The number of hydrogen-bond donors (Lipinski definition) is 4. The lowest BCUT2D eigenvalue weighted by Crippen LogP contribution is -2.64. The third kappa shape index (κ3) is 7.68. The third-order valence-corrected chi connectivity index (χ3v) is 4.79. The molecule has 0 bridgehead atoms. The molecular weight excluding hydrogens is 324 g/mol. The van der Waals surface area contributed by atoms with Gasteiger partial charge in [0.25, 0.3) is 0 Å². The van der Waals surface area contributed by atoms with Crippen LogP contribution in [0.4, 0.5) is 0 Å². The van der Waals surface area contributed by atoms with Crippen LogP contribution in [-0.4, -0.2) is 90.9 Å². The van der Waals surface area contributed by atoms with E-state index in [2.05, 4.69) is 10.2 Å². The van der Waals surface area contributed by atoms with Crippen LogP contribution in [0.5, 0.6) is 0 Å². The largest absolute Gasteiger partial charge is 0.480 e. The van der Waals surface area contributed by atoms with Gasteiger partial charge in [0.15, 0.2) is 0 Å². The van der Waals surface area contributed by atoms with Crippen molar-refractivity contribution in [2.24, 2.45) is 5.73 Å². The van der Waals surface area contributed by atoms with Crippen LogP contribution in [0.1, 0.15) is 39.0 Å². The second kappa shape index (κ2) is 11.4. The zero-order valence-electron chi connectivity index (χ0n) is 16.3. The molecule has 0 aliphatic carbocycles. The molecule has 0 aliphatic rings. The zero-order valence-corrected chi connectivity index (χ0v) is 16.3. The quantitative estimate of drug-likeness (QED) is 0.326. The van der Waals surface area contributed by atoms with Crippen molar-refractivity contribution in [1.29, 1.82) is 0 Å². The lowest BCUT2D eigenvalue weighted by molar-refractivity contribution is -0.152. The van der Waals surface area contributed by atoms with Crippen LogP contribution >= 0.6 is 0 Å². The van der Waals surface area contributed by atoms with E-state index < -0.39 is 29.6 Å². The van der Waals surface area contributed by atoms with Gasteiger partial charge in [0, 0.05) is 6.04 Å². The van der Waals surface area contributed by atoms with E-state index in [1.807, 2.05) is 14.1 Å². The highest BCUT2D eigenvalue weighted by atomic mass is 16.4. The fourth-order valence-electron chi connectivity index (χ4n) is 2.80. The van der Waals surface area contributed by atoms with E-state index in [0.717, 1.165) is 19.4 Å². The molecule has 8 nitrogen and oxygen atoms in total. The molecule has 3 atom stereocenters. The summed E-state index contributed by atoms with van der Waals surface area (Å²) in [7, 11) is 7.34. The van der Waals surface area contributed by atoms with Gasteiger partial charge in [-0.1, -0.05) is 6.42 Å². The zero-order chi connectivity index (χ0) is 19.6. The Morgan fingerprint density at radius 1 is 1.08 bits per heavy atom. The maximum Gasteiger partial charge on any atom is 0.325 e. The van der Waals surface area contributed by atoms with Crippen LogP contribution in [0, 0.1) is 0 Å². The molecule has 25 heavy (non-hydrogen) atoms. The van der Waals surface area contributed by atoms with Gasteiger partial charge < -0.3 is 20.8 Å². The number of rotatable bonds is 14. The van der Waals surface area contributed by atoms with Gasteiger partial charge in [-0.15, -0.1) is 0 Å². The number of carbonyl (C=O) groups is 2. The number of nitrogens with one attached hydrogen (secondary N) is 1. The first-order chi connectivity index (χ1) is 11.6. The Morgan fingerprint density at radius 3 is 2.08 bits per heavy atom. The van der Waals surface area contributed by atoms with Crippen LogP contribution in [0.25, 0.3) is 0 Å². The molecule has 5 N–H and O–H groups in total. The van der Waals surface area contributed by atoms with Crippen molar-refractivity contribution in [3.05, 3.63) is 0 Å². The highest BCUT2D eigenvalue weighted by molar-refractivity contribution is 5.80. The molecular formula is C17H36N4O4. The standard InChI is InChI=1S/C17H36N4O4/c1-17(16(24)25,21(4)5)14(10-8-11-18)19-13(15(22)23)9-6-7-12-20(2)3/h13-14,19H,6-12,18H2,1-5H3,(H,22,23)(H,24,25)/t13-,14?,17-/m0/s1. The number of aliphatic carboxylic acids is 2. The average molecular weight is 360 g/mol. The maximum absolute atomic E-state index is 11.9. The molecule has 0 saturated carbocycles. The van der Waals surface area contributed by atoms with Crippen LogP contribution in [0.2, 0.25) is 0 Å². The van der Waals surface area contributed by atoms with E-state index in [0.29, 0.717) is 25.8 Å². The molecule has 0 saturated heterocycles. The van der Waals surface area contributed by atoms with Crippen molar-refractivity contribution < 1.29 is 19.8 Å². The highest BCUT2D eigenvalue weighted by Crippen LogP contribution is 2.22. The smallest absolute Gasteiger partial charge is 0.325 e. The first kappa shape index (κ1) is 23.8. The van der Waals surface area contributed by atoms with E-state index in [4.69, 9.17) is 5.73 Å². The SMILES string of the molecule is CN(C)CCCC[C@H](NC(CCCN)[C@@](C)(C(=O)O)N(C)C)C(=O)O. The summed E-state index contributed by atoms with van der Waals surface area (Å²) in [6.07, 6.45) is 3.25. The van der Waals surface area contributed by atoms with Gasteiger partial charge in [0.05, 0.1) is 0 Å². The number of hydrogen-bond acceptors (Lipinski definition) is 6. The summed E-state index contributed by atoms with van der Waals surface area (Å²) in [5, 5.41) is 22.4. The van der Waals surface area contributed by atoms with Crippen molar-refractivity contribution in [1.82, 2.24) is 15.1 Å². The summed E-state index contributed by atoms with van der Waals surface area (Å²) in [6.45, 7) is 2.95. The Hall–Kier alpha value is -1.22. The molecule has 0 radical (unpaired) electrons. The number of likely N-dealkylation sites (N-methyl/N-ethyl adjacent to an activating group) is 1. The van der Waals surface area contributed by atoms with Crippen LogP contribution < -0.4 is 11.1 Å². The summed E-state index contributed by atoms with van der Waals surface area (Å²) >= 11 is 0. The summed E-state index contributed by atoms with van der Waals surface area (Å²) < 4.78 is 0. The van der Waals surface area contributed by atoms with E-state index >= 15 is 0 Å². The van der Waals surface area contributed by atoms with Gasteiger partial charge in [0.2, 0.25) is 0 Å². The van der Waals surface area contributed by atoms with E-state index in [1.54, 1.807) is 25.9 Å². The Kier molecular flexibility index (Phi) is 10.8. The molecule has 0 aromatic rings. The number of carboxylic acids is 2. The topological polar surface area (TPSA) is 119 Å². The first-order valence-electron chi connectivity index (χ1n) is 8.81. The van der Waals surface area contributed by atoms with Gasteiger partial charge in [-0.25, -0.2) is 0 Å². The minimum atomic E-state index is -1.22. The summed E-state index contributed by atoms with van der Waals surface area (Å²) in [5.74, 6) is -1.93. The molecule has 0 aromatic heterocycles. The molecule has 0 fully saturated rings. The monoisotopic (exact) mass is 360 g/mol. The predicted octanol–water partition coefficient (Wildman–Crippen LogP) is 0.274. The molecule has 0 aromatic carbocycles. The Bertz CT molecular complexity index is 417. The normalized spacial score (nSPS) is 16.6. The minimum absolute atomic E-state index is 0.432. The highest BCUT2D eigenvalue weighted by Gasteiger charge is 2.44.